The first-order valence-electron chi connectivity index (χ1n) is 6.92. The van der Waals surface area contributed by atoms with Crippen LogP contribution in [0.3, 0.4) is 0 Å². The van der Waals surface area contributed by atoms with E-state index >= 15 is 0 Å². The molecule has 0 N–H and O–H groups in total. The number of halogens is 2. The maximum atomic E-state index is 12.7. The fourth-order valence-electron chi connectivity index (χ4n) is 2.66. The summed E-state index contributed by atoms with van der Waals surface area (Å²) in [5.41, 5.74) is 2.08. The summed E-state index contributed by atoms with van der Waals surface area (Å²) in [5, 5.41) is 6.36. The number of rotatable bonds is 1. The van der Waals surface area contributed by atoms with Gasteiger partial charge in [0.25, 0.3) is 5.56 Å². The smallest absolute Gasteiger partial charge is 0.284 e. The van der Waals surface area contributed by atoms with Gasteiger partial charge in [0.2, 0.25) is 0 Å². The van der Waals surface area contributed by atoms with E-state index in [0.717, 1.165) is 0 Å². The Balaban J connectivity index is 2.10. The third-order valence-electron chi connectivity index (χ3n) is 3.73. The highest BCUT2D eigenvalue weighted by Gasteiger charge is 2.23. The van der Waals surface area contributed by atoms with Crippen LogP contribution in [0.1, 0.15) is 5.76 Å². The van der Waals surface area contributed by atoms with Crippen LogP contribution in [0.15, 0.2) is 51.7 Å². The number of hydrogen-bond acceptors (Lipinski definition) is 3. The van der Waals surface area contributed by atoms with Crippen molar-refractivity contribution >= 4 is 34.2 Å². The molecule has 0 saturated carbocycles. The van der Waals surface area contributed by atoms with Gasteiger partial charge in [0.1, 0.15) is 22.6 Å². The first-order valence-corrected chi connectivity index (χ1v) is 7.68. The molecule has 2 heterocycles. The molecule has 23 heavy (non-hydrogen) atoms. The first-order chi connectivity index (χ1) is 11.0. The number of nitrogens with zero attached hydrogens (tertiary/aromatic N) is 2. The molecular weight excluding hydrogens is 335 g/mol. The van der Waals surface area contributed by atoms with Gasteiger partial charge in [0.15, 0.2) is 0 Å². The molecule has 2 aliphatic rings. The molecule has 0 amide bonds. The standard InChI is InChI=1S/C17H10Cl2N2O2/c1-9-15-16(13-8-11(19)4-7-14(13)23-9)20-21(17(15)22)12-5-2-10(18)3-6-12/h2-8H,1H3. The second-order valence-corrected chi connectivity index (χ2v) is 6.09. The van der Waals surface area contributed by atoms with Gasteiger partial charge >= 0.3 is 0 Å². The third-order valence-corrected chi connectivity index (χ3v) is 4.21. The maximum Gasteiger partial charge on any atom is 0.284 e. The summed E-state index contributed by atoms with van der Waals surface area (Å²) in [4.78, 5) is 12.7. The molecule has 114 valence electrons. The summed E-state index contributed by atoms with van der Waals surface area (Å²) >= 11 is 12.0. The molecule has 0 aliphatic carbocycles. The fourth-order valence-corrected chi connectivity index (χ4v) is 2.96. The van der Waals surface area contributed by atoms with Crippen molar-refractivity contribution in [2.24, 2.45) is 0 Å². The highest BCUT2D eigenvalue weighted by atomic mass is 35.5. The lowest BCUT2D eigenvalue weighted by Crippen LogP contribution is -2.14. The van der Waals surface area contributed by atoms with Gasteiger partial charge in [0.05, 0.1) is 5.69 Å². The molecule has 2 aromatic rings. The quantitative estimate of drug-likeness (QED) is 0.502. The van der Waals surface area contributed by atoms with Gasteiger partial charge in [-0.3, -0.25) is 4.79 Å². The Kier molecular flexibility index (Phi) is 3.18. The van der Waals surface area contributed by atoms with E-state index in [-0.39, 0.29) is 5.56 Å². The average molecular weight is 345 g/mol. The molecule has 0 spiro atoms. The highest BCUT2D eigenvalue weighted by Crippen LogP contribution is 2.32. The molecule has 0 saturated heterocycles. The molecule has 0 unspecified atom stereocenters. The summed E-state index contributed by atoms with van der Waals surface area (Å²) in [6, 6.07) is 12.2. The van der Waals surface area contributed by atoms with E-state index in [1.165, 1.54) is 4.68 Å². The average Bonchev–Trinajstić information content (AvgIpc) is 2.88. The zero-order valence-corrected chi connectivity index (χ0v) is 13.5. The largest absolute Gasteiger partial charge is 0.460 e. The number of aryl methyl sites for hydroxylation is 1. The van der Waals surface area contributed by atoms with Crippen LogP contribution in [-0.4, -0.2) is 9.78 Å². The minimum absolute atomic E-state index is 0.231. The van der Waals surface area contributed by atoms with Crippen molar-refractivity contribution in [3.63, 3.8) is 0 Å². The Morgan fingerprint density at radius 1 is 1.04 bits per heavy atom. The van der Waals surface area contributed by atoms with Crippen LogP contribution in [0.2, 0.25) is 10.0 Å². The predicted octanol–water partition coefficient (Wildman–Crippen LogP) is 4.70. The van der Waals surface area contributed by atoms with Crippen molar-refractivity contribution < 1.29 is 4.42 Å². The van der Waals surface area contributed by atoms with Gasteiger partial charge < -0.3 is 4.42 Å². The summed E-state index contributed by atoms with van der Waals surface area (Å²) in [5.74, 6) is 0.528. The number of fused-ring (bicyclic) bond motifs is 3. The van der Waals surface area contributed by atoms with Crippen molar-refractivity contribution in [1.29, 1.82) is 0 Å². The van der Waals surface area contributed by atoms with Crippen LogP contribution in [0, 0.1) is 6.92 Å². The Morgan fingerprint density at radius 3 is 2.48 bits per heavy atom. The molecule has 0 atom stereocenters. The van der Waals surface area contributed by atoms with Crippen LogP contribution >= 0.6 is 23.2 Å². The topological polar surface area (TPSA) is 48.0 Å². The Hall–Kier alpha value is -2.30. The highest BCUT2D eigenvalue weighted by molar-refractivity contribution is 6.31. The second-order valence-electron chi connectivity index (χ2n) is 5.22. The van der Waals surface area contributed by atoms with Crippen molar-refractivity contribution in [3.05, 3.63) is 68.6 Å². The lowest BCUT2D eigenvalue weighted by molar-refractivity contribution is 0.567. The second kappa shape index (κ2) is 5.11. The van der Waals surface area contributed by atoms with Gasteiger partial charge in [-0.1, -0.05) is 23.2 Å². The van der Waals surface area contributed by atoms with Crippen molar-refractivity contribution in [1.82, 2.24) is 9.78 Å². The van der Waals surface area contributed by atoms with Crippen LogP contribution in [0.5, 0.6) is 0 Å². The van der Waals surface area contributed by atoms with E-state index < -0.39 is 0 Å². The molecule has 0 aromatic heterocycles. The van der Waals surface area contributed by atoms with Gasteiger partial charge in [-0.15, -0.1) is 0 Å². The van der Waals surface area contributed by atoms with E-state index in [9.17, 15) is 4.79 Å². The normalized spacial score (nSPS) is 11.4. The zero-order valence-electron chi connectivity index (χ0n) is 12.0. The Morgan fingerprint density at radius 2 is 1.74 bits per heavy atom. The number of aromatic nitrogens is 2. The SMILES string of the molecule is Cc1oc2ccc(Cl)cc2c2nn(-c3ccc(Cl)cc3)c(=O)c1-2. The van der Waals surface area contributed by atoms with Crippen LogP contribution < -0.4 is 5.56 Å². The summed E-state index contributed by atoms with van der Waals surface area (Å²) in [6.07, 6.45) is 0. The van der Waals surface area contributed by atoms with Gasteiger partial charge in [-0.05, 0) is 49.4 Å². The van der Waals surface area contributed by atoms with E-state index in [2.05, 4.69) is 5.10 Å². The predicted molar refractivity (Wildman–Crippen MR) is 91.0 cm³/mol. The fraction of sp³-hybridized carbons (Fsp3) is 0.0588. The molecule has 0 radical (unpaired) electrons. The number of hydrogen-bond donors (Lipinski definition) is 0. The molecule has 2 aromatic carbocycles. The summed E-state index contributed by atoms with van der Waals surface area (Å²) in [7, 11) is 0. The molecule has 2 aliphatic heterocycles. The van der Waals surface area contributed by atoms with Crippen molar-refractivity contribution in [2.75, 3.05) is 0 Å². The van der Waals surface area contributed by atoms with Crippen LogP contribution in [-0.2, 0) is 0 Å². The Labute approximate surface area is 141 Å². The molecule has 6 heteroatoms. The molecule has 0 fully saturated rings. The van der Waals surface area contributed by atoms with Gasteiger partial charge in [-0.2, -0.15) is 9.78 Å². The molecule has 0 bridgehead atoms. The minimum atomic E-state index is -0.231. The van der Waals surface area contributed by atoms with E-state index in [1.54, 1.807) is 49.4 Å². The molecular formula is C17H10Cl2N2O2. The lowest BCUT2D eigenvalue weighted by Gasteiger charge is -2.05. The van der Waals surface area contributed by atoms with Crippen molar-refractivity contribution in [3.8, 4) is 16.9 Å². The van der Waals surface area contributed by atoms with Crippen LogP contribution in [0.25, 0.3) is 27.9 Å². The Bertz CT molecular complexity index is 1060. The lowest BCUT2D eigenvalue weighted by atomic mass is 10.1. The van der Waals surface area contributed by atoms with E-state index in [0.29, 0.717) is 43.7 Å². The first kappa shape index (κ1) is 14.3. The third kappa shape index (κ3) is 2.22. The number of benzene rings is 2. The van der Waals surface area contributed by atoms with E-state index in [1.807, 2.05) is 0 Å². The summed E-state index contributed by atoms with van der Waals surface area (Å²) < 4.78 is 7.10. The monoisotopic (exact) mass is 344 g/mol. The van der Waals surface area contributed by atoms with Gasteiger partial charge in [0, 0.05) is 15.4 Å². The zero-order chi connectivity index (χ0) is 16.1. The van der Waals surface area contributed by atoms with Crippen LogP contribution in [0.4, 0.5) is 0 Å². The molecule has 4 nitrogen and oxygen atoms in total. The van der Waals surface area contributed by atoms with E-state index in [4.69, 9.17) is 27.6 Å². The van der Waals surface area contributed by atoms with Gasteiger partial charge in [-0.25, -0.2) is 0 Å². The minimum Gasteiger partial charge on any atom is -0.460 e. The summed E-state index contributed by atoms with van der Waals surface area (Å²) in [6.45, 7) is 1.76. The van der Waals surface area contributed by atoms with Crippen molar-refractivity contribution in [2.45, 2.75) is 6.92 Å². The maximum absolute atomic E-state index is 12.7. The molecule has 4 rings (SSSR count).